The minimum Gasteiger partial charge on any atom is -0.374 e. The van der Waals surface area contributed by atoms with E-state index in [2.05, 4.69) is 36.1 Å². The van der Waals surface area contributed by atoms with Gasteiger partial charge in [-0.25, -0.2) is 0 Å². The first-order chi connectivity index (χ1) is 9.33. The highest BCUT2D eigenvalue weighted by Gasteiger charge is 2.32. The molecule has 3 heteroatoms. The van der Waals surface area contributed by atoms with Gasteiger partial charge in [0, 0.05) is 13.1 Å². The molecule has 19 heavy (non-hydrogen) atoms. The van der Waals surface area contributed by atoms with Crippen molar-refractivity contribution in [2.75, 3.05) is 26.2 Å². The Labute approximate surface area is 115 Å². The normalized spacial score (nSPS) is 28.5. The molecule has 2 unspecified atom stereocenters. The standard InChI is InChI=1S/C16H24N2O/c1-2-18-9-10-19-15(11-17)16(18)14-7-5-13(6-8-14)12-3-4-12/h5-8,12,15-16H,2-4,9-11,17H2,1H3. The average molecular weight is 260 g/mol. The summed E-state index contributed by atoms with van der Waals surface area (Å²) in [5, 5.41) is 0. The third kappa shape index (κ3) is 2.69. The Morgan fingerprint density at radius 2 is 1.89 bits per heavy atom. The quantitative estimate of drug-likeness (QED) is 0.902. The summed E-state index contributed by atoms with van der Waals surface area (Å²) in [6.45, 7) is 5.65. The number of nitrogens with zero attached hydrogens (tertiary/aromatic N) is 1. The molecule has 0 bridgehead atoms. The third-order valence-electron chi connectivity index (χ3n) is 4.42. The summed E-state index contributed by atoms with van der Waals surface area (Å²) < 4.78 is 5.85. The molecule has 1 aromatic carbocycles. The van der Waals surface area contributed by atoms with Crippen molar-refractivity contribution >= 4 is 0 Å². The second-order valence-corrected chi connectivity index (χ2v) is 5.66. The van der Waals surface area contributed by atoms with Crippen LogP contribution in [0.5, 0.6) is 0 Å². The zero-order chi connectivity index (χ0) is 13.2. The molecule has 1 saturated carbocycles. The number of likely N-dealkylation sites (N-methyl/N-ethyl adjacent to an activating group) is 1. The molecule has 1 aromatic rings. The molecule has 0 aromatic heterocycles. The van der Waals surface area contributed by atoms with Crippen LogP contribution in [0, 0.1) is 0 Å². The van der Waals surface area contributed by atoms with Gasteiger partial charge in [-0.05, 0) is 36.4 Å². The molecule has 0 radical (unpaired) electrons. The highest BCUT2D eigenvalue weighted by Crippen LogP contribution is 2.40. The topological polar surface area (TPSA) is 38.5 Å². The number of morpholine rings is 1. The molecule has 1 aliphatic heterocycles. The predicted octanol–water partition coefficient (Wildman–Crippen LogP) is 2.28. The van der Waals surface area contributed by atoms with E-state index in [9.17, 15) is 0 Å². The maximum Gasteiger partial charge on any atom is 0.0894 e. The van der Waals surface area contributed by atoms with Gasteiger partial charge in [-0.3, -0.25) is 4.90 Å². The van der Waals surface area contributed by atoms with Gasteiger partial charge < -0.3 is 10.5 Å². The second-order valence-electron chi connectivity index (χ2n) is 5.66. The van der Waals surface area contributed by atoms with Crippen molar-refractivity contribution in [3.05, 3.63) is 35.4 Å². The zero-order valence-electron chi connectivity index (χ0n) is 11.7. The van der Waals surface area contributed by atoms with Crippen molar-refractivity contribution in [2.45, 2.75) is 37.8 Å². The zero-order valence-corrected chi connectivity index (χ0v) is 11.7. The number of ether oxygens (including phenoxy) is 1. The average Bonchev–Trinajstić information content (AvgIpc) is 3.31. The molecule has 0 spiro atoms. The lowest BCUT2D eigenvalue weighted by atomic mass is 9.96. The van der Waals surface area contributed by atoms with Crippen molar-refractivity contribution < 1.29 is 4.74 Å². The van der Waals surface area contributed by atoms with E-state index in [0.29, 0.717) is 12.6 Å². The summed E-state index contributed by atoms with van der Waals surface area (Å²) in [6, 6.07) is 9.46. The molecular weight excluding hydrogens is 236 g/mol. The van der Waals surface area contributed by atoms with Crippen LogP contribution in [0.1, 0.15) is 42.9 Å². The minimum atomic E-state index is 0.125. The molecule has 1 aliphatic carbocycles. The minimum absolute atomic E-state index is 0.125. The first-order valence-electron chi connectivity index (χ1n) is 7.49. The Balaban J connectivity index is 1.83. The van der Waals surface area contributed by atoms with E-state index in [1.165, 1.54) is 24.0 Å². The molecule has 2 fully saturated rings. The van der Waals surface area contributed by atoms with Crippen LogP contribution >= 0.6 is 0 Å². The smallest absolute Gasteiger partial charge is 0.0894 e. The van der Waals surface area contributed by atoms with Crippen LogP contribution in [-0.2, 0) is 4.74 Å². The molecule has 2 atom stereocenters. The van der Waals surface area contributed by atoms with E-state index in [-0.39, 0.29) is 6.10 Å². The summed E-state index contributed by atoms with van der Waals surface area (Å²) in [5.41, 5.74) is 8.73. The van der Waals surface area contributed by atoms with Gasteiger partial charge in [-0.1, -0.05) is 31.2 Å². The summed E-state index contributed by atoms with van der Waals surface area (Å²) in [4.78, 5) is 2.48. The van der Waals surface area contributed by atoms with Crippen LogP contribution in [0.3, 0.4) is 0 Å². The van der Waals surface area contributed by atoms with E-state index in [1.54, 1.807) is 0 Å². The lowest BCUT2D eigenvalue weighted by molar-refractivity contribution is -0.0658. The van der Waals surface area contributed by atoms with Gasteiger partial charge in [0.05, 0.1) is 18.8 Å². The summed E-state index contributed by atoms with van der Waals surface area (Å²) >= 11 is 0. The van der Waals surface area contributed by atoms with Crippen molar-refractivity contribution in [3.63, 3.8) is 0 Å². The largest absolute Gasteiger partial charge is 0.374 e. The maximum atomic E-state index is 5.88. The fraction of sp³-hybridized carbons (Fsp3) is 0.625. The summed E-state index contributed by atoms with van der Waals surface area (Å²) in [5.74, 6) is 0.823. The van der Waals surface area contributed by atoms with Crippen LogP contribution in [0.2, 0.25) is 0 Å². The lowest BCUT2D eigenvalue weighted by Crippen LogP contribution is -2.48. The molecule has 1 heterocycles. The molecule has 2 N–H and O–H groups in total. The molecule has 3 nitrogen and oxygen atoms in total. The number of hydrogen-bond acceptors (Lipinski definition) is 3. The fourth-order valence-electron chi connectivity index (χ4n) is 3.15. The first kappa shape index (κ1) is 13.1. The van der Waals surface area contributed by atoms with E-state index in [4.69, 9.17) is 10.5 Å². The van der Waals surface area contributed by atoms with Gasteiger partial charge in [-0.15, -0.1) is 0 Å². The highest BCUT2D eigenvalue weighted by atomic mass is 16.5. The van der Waals surface area contributed by atoms with E-state index in [1.807, 2.05) is 0 Å². The number of rotatable bonds is 4. The Kier molecular flexibility index (Phi) is 3.87. The molecule has 0 amide bonds. The Morgan fingerprint density at radius 1 is 1.21 bits per heavy atom. The van der Waals surface area contributed by atoms with Gasteiger partial charge in [0.1, 0.15) is 0 Å². The molecular formula is C16H24N2O. The fourth-order valence-corrected chi connectivity index (χ4v) is 3.15. The predicted molar refractivity (Wildman–Crippen MR) is 77.2 cm³/mol. The van der Waals surface area contributed by atoms with Gasteiger partial charge in [0.2, 0.25) is 0 Å². The van der Waals surface area contributed by atoms with Crippen molar-refractivity contribution in [3.8, 4) is 0 Å². The first-order valence-corrected chi connectivity index (χ1v) is 7.49. The SMILES string of the molecule is CCN1CCOC(CN)C1c1ccc(C2CC2)cc1. The maximum absolute atomic E-state index is 5.88. The van der Waals surface area contributed by atoms with Gasteiger partial charge in [0.15, 0.2) is 0 Å². The monoisotopic (exact) mass is 260 g/mol. The van der Waals surface area contributed by atoms with E-state index < -0.39 is 0 Å². The second kappa shape index (κ2) is 5.61. The Bertz CT molecular complexity index is 401. The van der Waals surface area contributed by atoms with Gasteiger partial charge >= 0.3 is 0 Å². The molecule has 3 rings (SSSR count). The van der Waals surface area contributed by atoms with Crippen LogP contribution in [-0.4, -0.2) is 37.2 Å². The van der Waals surface area contributed by atoms with E-state index in [0.717, 1.165) is 25.6 Å². The number of benzene rings is 1. The molecule has 104 valence electrons. The number of nitrogens with two attached hydrogens (primary N) is 1. The third-order valence-corrected chi connectivity index (χ3v) is 4.42. The van der Waals surface area contributed by atoms with Gasteiger partial charge in [-0.2, -0.15) is 0 Å². The lowest BCUT2D eigenvalue weighted by Gasteiger charge is -2.40. The summed E-state index contributed by atoms with van der Waals surface area (Å²) in [7, 11) is 0. The van der Waals surface area contributed by atoms with E-state index >= 15 is 0 Å². The Hall–Kier alpha value is -0.900. The van der Waals surface area contributed by atoms with Crippen molar-refractivity contribution in [1.29, 1.82) is 0 Å². The molecule has 2 aliphatic rings. The van der Waals surface area contributed by atoms with Gasteiger partial charge in [0.25, 0.3) is 0 Å². The highest BCUT2D eigenvalue weighted by molar-refractivity contribution is 5.30. The van der Waals surface area contributed by atoms with Crippen LogP contribution in [0.4, 0.5) is 0 Å². The van der Waals surface area contributed by atoms with Crippen molar-refractivity contribution in [1.82, 2.24) is 4.90 Å². The van der Waals surface area contributed by atoms with Crippen LogP contribution in [0.15, 0.2) is 24.3 Å². The van der Waals surface area contributed by atoms with Crippen molar-refractivity contribution in [2.24, 2.45) is 5.73 Å². The van der Waals surface area contributed by atoms with Crippen LogP contribution in [0.25, 0.3) is 0 Å². The molecule has 1 saturated heterocycles. The van der Waals surface area contributed by atoms with Crippen LogP contribution < -0.4 is 5.73 Å². The Morgan fingerprint density at radius 3 is 2.47 bits per heavy atom. The number of hydrogen-bond donors (Lipinski definition) is 1. The summed E-state index contributed by atoms with van der Waals surface area (Å²) in [6.07, 6.45) is 2.84.